The molecule has 0 amide bonds. The average Bonchev–Trinajstić information content (AvgIpc) is 2.91. The molecule has 194 valence electrons. The summed E-state index contributed by atoms with van der Waals surface area (Å²) in [7, 11) is -3.88. The van der Waals surface area contributed by atoms with E-state index in [1.807, 2.05) is 69.2 Å². The summed E-state index contributed by atoms with van der Waals surface area (Å²) in [5, 5.41) is 12.0. The zero-order valence-electron chi connectivity index (χ0n) is 22.8. The molecule has 0 unspecified atom stereocenters. The van der Waals surface area contributed by atoms with E-state index in [1.54, 1.807) is 36.4 Å². The molecule has 0 fully saturated rings. The van der Waals surface area contributed by atoms with E-state index in [4.69, 9.17) is 0 Å². The summed E-state index contributed by atoms with van der Waals surface area (Å²) in [6, 6.07) is 15.6. The molecule has 0 aliphatic rings. The number of nitrogens with one attached hydrogen (secondary N) is 1. The van der Waals surface area contributed by atoms with Crippen LogP contribution in [0.15, 0.2) is 71.8 Å². The predicted octanol–water partition coefficient (Wildman–Crippen LogP) is 7.07. The summed E-state index contributed by atoms with van der Waals surface area (Å²) < 4.78 is 28.3. The third-order valence-electron chi connectivity index (χ3n) is 4.23. The minimum Gasteiger partial charge on any atom is -0.618 e. The lowest BCUT2D eigenvalue weighted by Crippen LogP contribution is -2.34. The van der Waals surface area contributed by atoms with Crippen molar-refractivity contribution in [2.45, 2.75) is 74.1 Å². The van der Waals surface area contributed by atoms with Crippen molar-refractivity contribution in [3.05, 3.63) is 94.5 Å². The number of carbonyl (C=O) groups is 1. The molecule has 1 aromatic heterocycles. The number of sulfonamides is 1. The fraction of sp³-hybridized carbons (Fsp3) is 0.357. The molecule has 2 aromatic carbocycles. The highest BCUT2D eigenvalue weighted by molar-refractivity contribution is 7.92. The van der Waals surface area contributed by atoms with E-state index < -0.39 is 15.8 Å². The topological polar surface area (TPSA) is 90.2 Å². The number of benzene rings is 2. The molecule has 0 atom stereocenters. The molecule has 0 aliphatic carbocycles. The van der Waals surface area contributed by atoms with Crippen LogP contribution in [0.2, 0.25) is 0 Å². The zero-order valence-corrected chi connectivity index (χ0v) is 23.7. The van der Waals surface area contributed by atoms with E-state index in [-0.39, 0.29) is 21.8 Å². The van der Waals surface area contributed by atoms with E-state index in [9.17, 15) is 18.4 Å². The van der Waals surface area contributed by atoms with Gasteiger partial charge in [0.2, 0.25) is 0 Å². The van der Waals surface area contributed by atoms with Gasteiger partial charge in [0.15, 0.2) is 6.20 Å². The fourth-order valence-corrected chi connectivity index (χ4v) is 3.73. The van der Waals surface area contributed by atoms with E-state index in [0.29, 0.717) is 4.73 Å². The second kappa shape index (κ2) is 18.2. The summed E-state index contributed by atoms with van der Waals surface area (Å²) in [6.07, 6.45) is 1.22. The number of pyridine rings is 1. The lowest BCUT2D eigenvalue weighted by Gasteiger charge is -2.14. The molecular formula is C28H42N2O4S. The Labute approximate surface area is 212 Å². The number of hydrogen-bond acceptors (Lipinski definition) is 4. The van der Waals surface area contributed by atoms with Crippen molar-refractivity contribution < 1.29 is 17.9 Å². The van der Waals surface area contributed by atoms with Crippen LogP contribution in [-0.2, 0) is 10.0 Å². The summed E-state index contributed by atoms with van der Waals surface area (Å²) in [5.74, 6) is -0.556. The molecule has 3 aromatic rings. The van der Waals surface area contributed by atoms with Crippen LogP contribution in [0.5, 0.6) is 0 Å². The molecule has 0 radical (unpaired) electrons. The lowest BCUT2D eigenvalue weighted by molar-refractivity contribution is -0.607. The summed E-state index contributed by atoms with van der Waals surface area (Å²) in [4.78, 5) is 13.0. The highest BCUT2D eigenvalue weighted by Gasteiger charge is 2.24. The average molecular weight is 503 g/mol. The fourth-order valence-electron chi connectivity index (χ4n) is 2.63. The van der Waals surface area contributed by atoms with Crippen LogP contribution in [0.4, 0.5) is 5.69 Å². The molecule has 7 heteroatoms. The maximum Gasteiger partial charge on any atom is 0.264 e. The summed E-state index contributed by atoms with van der Waals surface area (Å²) >= 11 is 0. The molecule has 0 saturated carbocycles. The van der Waals surface area contributed by atoms with Gasteiger partial charge in [-0.05, 0) is 55.3 Å². The SMILES string of the molecule is CC.CC.CC.CC.Cc1cc(NS(=O)(=O)c2ccccc2)c(C(=O)c2cccc[n+]2[O-])cc1C. The van der Waals surface area contributed by atoms with E-state index in [1.165, 1.54) is 30.5 Å². The molecule has 0 aliphatic heterocycles. The lowest BCUT2D eigenvalue weighted by atomic mass is 9.99. The first-order valence-corrected chi connectivity index (χ1v) is 13.7. The molecular weight excluding hydrogens is 460 g/mol. The number of anilines is 1. The Kier molecular flexibility index (Phi) is 17.6. The molecule has 6 nitrogen and oxygen atoms in total. The minimum atomic E-state index is -3.88. The van der Waals surface area contributed by atoms with Crippen molar-refractivity contribution in [2.24, 2.45) is 0 Å². The van der Waals surface area contributed by atoms with E-state index in [0.717, 1.165) is 11.1 Å². The van der Waals surface area contributed by atoms with Crippen LogP contribution in [0.25, 0.3) is 0 Å². The van der Waals surface area contributed by atoms with Crippen LogP contribution in [0, 0.1) is 19.1 Å². The van der Waals surface area contributed by atoms with Gasteiger partial charge >= 0.3 is 0 Å². The van der Waals surface area contributed by atoms with Crippen LogP contribution in [0.1, 0.15) is 82.6 Å². The molecule has 0 bridgehead atoms. The first-order chi connectivity index (χ1) is 16.8. The number of nitrogens with zero attached hydrogens (tertiary/aromatic N) is 1. The van der Waals surface area contributed by atoms with Gasteiger partial charge in [0.25, 0.3) is 21.5 Å². The number of aryl methyl sites for hydroxylation is 2. The first-order valence-electron chi connectivity index (χ1n) is 12.2. The molecule has 3 rings (SSSR count). The van der Waals surface area contributed by atoms with Gasteiger partial charge in [-0.1, -0.05) is 73.6 Å². The van der Waals surface area contributed by atoms with E-state index >= 15 is 0 Å². The summed E-state index contributed by atoms with van der Waals surface area (Å²) in [6.45, 7) is 19.6. The molecule has 1 N–H and O–H groups in total. The van der Waals surface area contributed by atoms with Gasteiger partial charge in [0.1, 0.15) is 0 Å². The Morgan fingerprint density at radius 1 is 0.771 bits per heavy atom. The molecule has 35 heavy (non-hydrogen) atoms. The number of rotatable bonds is 5. The number of ketones is 1. The van der Waals surface area contributed by atoms with Crippen LogP contribution < -0.4 is 9.45 Å². The van der Waals surface area contributed by atoms with Crippen LogP contribution in [0.3, 0.4) is 0 Å². The maximum absolute atomic E-state index is 12.9. The highest BCUT2D eigenvalue weighted by atomic mass is 32.2. The second-order valence-corrected chi connectivity index (χ2v) is 7.82. The standard InChI is InChI=1S/C20H18N2O4S.4C2H6/c1-14-12-17(20(23)19-10-6-7-11-22(19)24)18(13-15(14)2)21-27(25,26)16-8-4-3-5-9-16;4*1-2/h3-13,21H,1-2H3;4*1-2H3. The number of hydrogen-bond donors (Lipinski definition) is 1. The highest BCUT2D eigenvalue weighted by Crippen LogP contribution is 2.26. The van der Waals surface area contributed by atoms with Gasteiger partial charge in [-0.15, -0.1) is 0 Å². The van der Waals surface area contributed by atoms with Gasteiger partial charge in [-0.3, -0.25) is 9.52 Å². The smallest absolute Gasteiger partial charge is 0.264 e. The monoisotopic (exact) mass is 502 g/mol. The third-order valence-corrected chi connectivity index (χ3v) is 5.61. The van der Waals surface area contributed by atoms with Crippen molar-refractivity contribution in [3.8, 4) is 0 Å². The number of aromatic nitrogens is 1. The van der Waals surface area contributed by atoms with Gasteiger partial charge < -0.3 is 5.21 Å². The third kappa shape index (κ3) is 9.91. The Balaban J connectivity index is 0. The minimum absolute atomic E-state index is 0.0825. The first kappa shape index (κ1) is 34.0. The molecule has 0 saturated heterocycles. The van der Waals surface area contributed by atoms with Crippen molar-refractivity contribution in [1.82, 2.24) is 0 Å². The molecule has 1 heterocycles. The Hall–Kier alpha value is -3.19. The van der Waals surface area contributed by atoms with Gasteiger partial charge in [-0.2, -0.15) is 4.73 Å². The Morgan fingerprint density at radius 2 is 1.26 bits per heavy atom. The summed E-state index contributed by atoms with van der Waals surface area (Å²) in [5.41, 5.74) is 1.81. The number of carbonyl (C=O) groups excluding carboxylic acids is 1. The largest absolute Gasteiger partial charge is 0.618 e. The second-order valence-electron chi connectivity index (χ2n) is 6.14. The van der Waals surface area contributed by atoms with E-state index in [2.05, 4.69) is 4.72 Å². The maximum atomic E-state index is 12.9. The van der Waals surface area contributed by atoms with Crippen LogP contribution in [-0.4, -0.2) is 14.2 Å². The van der Waals surface area contributed by atoms with Crippen molar-refractivity contribution in [3.63, 3.8) is 0 Å². The Bertz CT molecular complexity index is 1110. The van der Waals surface area contributed by atoms with Gasteiger partial charge in [0, 0.05) is 12.1 Å². The predicted molar refractivity (Wildman–Crippen MR) is 147 cm³/mol. The quantitative estimate of drug-likeness (QED) is 0.229. The van der Waals surface area contributed by atoms with Gasteiger partial charge in [0.05, 0.1) is 16.1 Å². The van der Waals surface area contributed by atoms with Crippen molar-refractivity contribution in [1.29, 1.82) is 0 Å². The molecule has 0 spiro atoms. The zero-order chi connectivity index (χ0) is 27.6. The Morgan fingerprint density at radius 3 is 1.77 bits per heavy atom. The van der Waals surface area contributed by atoms with Crippen molar-refractivity contribution >= 4 is 21.5 Å². The normalized spacial score (nSPS) is 9.31. The van der Waals surface area contributed by atoms with Crippen molar-refractivity contribution in [2.75, 3.05) is 4.72 Å². The van der Waals surface area contributed by atoms with Crippen LogP contribution >= 0.6 is 0 Å². The van der Waals surface area contributed by atoms with Gasteiger partial charge in [-0.25, -0.2) is 8.42 Å².